The summed E-state index contributed by atoms with van der Waals surface area (Å²) >= 11 is 6.17. The SMILES string of the molecule is COc1ccc(N(C(C)C(=O)Nc2ccccc2C(=O)NCC2CCCO2)S(C)(=O)=O)cc1Cl. The predicted molar refractivity (Wildman–Crippen MR) is 131 cm³/mol. The van der Waals surface area contributed by atoms with Gasteiger partial charge in [0.05, 0.1) is 41.4 Å². The Kier molecular flexibility index (Phi) is 8.40. The van der Waals surface area contributed by atoms with E-state index in [4.69, 9.17) is 21.1 Å². The molecule has 1 saturated heterocycles. The molecule has 184 valence electrons. The number of methoxy groups -OCH3 is 1. The Bertz CT molecular complexity index is 1150. The van der Waals surface area contributed by atoms with Crippen LogP contribution in [0.3, 0.4) is 0 Å². The molecule has 2 aromatic rings. The van der Waals surface area contributed by atoms with Crippen LogP contribution in [0.25, 0.3) is 0 Å². The number of hydrogen-bond acceptors (Lipinski definition) is 6. The number of carbonyl (C=O) groups excluding carboxylic acids is 2. The molecule has 1 aliphatic heterocycles. The lowest BCUT2D eigenvalue weighted by Gasteiger charge is -2.28. The Morgan fingerprint density at radius 3 is 2.62 bits per heavy atom. The van der Waals surface area contributed by atoms with Crippen molar-refractivity contribution in [2.75, 3.05) is 36.1 Å². The maximum Gasteiger partial charge on any atom is 0.253 e. The minimum Gasteiger partial charge on any atom is -0.495 e. The molecule has 1 aliphatic rings. The van der Waals surface area contributed by atoms with Crippen molar-refractivity contribution < 1.29 is 27.5 Å². The number of sulfonamides is 1. The zero-order chi connectivity index (χ0) is 24.9. The van der Waals surface area contributed by atoms with Gasteiger partial charge < -0.3 is 20.1 Å². The van der Waals surface area contributed by atoms with Gasteiger partial charge in [-0.15, -0.1) is 0 Å². The summed E-state index contributed by atoms with van der Waals surface area (Å²) in [4.78, 5) is 25.8. The van der Waals surface area contributed by atoms with Gasteiger partial charge in [-0.25, -0.2) is 8.42 Å². The van der Waals surface area contributed by atoms with Gasteiger partial charge in [-0.1, -0.05) is 23.7 Å². The first-order valence-electron chi connectivity index (χ1n) is 10.7. The summed E-state index contributed by atoms with van der Waals surface area (Å²) in [5.74, 6) is -0.600. The molecule has 2 unspecified atom stereocenters. The minimum absolute atomic E-state index is 0.0228. The third-order valence-corrected chi connectivity index (χ3v) is 6.96. The second kappa shape index (κ2) is 11.1. The van der Waals surface area contributed by atoms with Gasteiger partial charge in [0.1, 0.15) is 11.8 Å². The molecule has 0 aliphatic carbocycles. The molecule has 34 heavy (non-hydrogen) atoms. The van der Waals surface area contributed by atoms with E-state index in [0.29, 0.717) is 18.9 Å². The maximum absolute atomic E-state index is 13.1. The number of nitrogens with one attached hydrogen (secondary N) is 2. The number of ether oxygens (including phenoxy) is 2. The number of para-hydroxylation sites is 1. The Hall–Kier alpha value is -2.82. The Balaban J connectivity index is 1.79. The lowest BCUT2D eigenvalue weighted by molar-refractivity contribution is -0.116. The van der Waals surface area contributed by atoms with Crippen LogP contribution in [0.1, 0.15) is 30.1 Å². The average molecular weight is 510 g/mol. The fourth-order valence-electron chi connectivity index (χ4n) is 3.74. The van der Waals surface area contributed by atoms with Crippen molar-refractivity contribution >= 4 is 44.8 Å². The number of hydrogen-bond donors (Lipinski definition) is 2. The van der Waals surface area contributed by atoms with Crippen LogP contribution in [-0.4, -0.2) is 58.9 Å². The molecule has 0 aromatic heterocycles. The molecule has 11 heteroatoms. The fourth-order valence-corrected chi connectivity index (χ4v) is 5.15. The van der Waals surface area contributed by atoms with Crippen molar-refractivity contribution in [2.45, 2.75) is 31.9 Å². The number of amides is 2. The van der Waals surface area contributed by atoms with E-state index in [2.05, 4.69) is 10.6 Å². The summed E-state index contributed by atoms with van der Waals surface area (Å²) < 4.78 is 36.8. The van der Waals surface area contributed by atoms with Crippen molar-refractivity contribution in [2.24, 2.45) is 0 Å². The predicted octanol–water partition coefficient (Wildman–Crippen LogP) is 3.05. The van der Waals surface area contributed by atoms with Crippen LogP contribution in [0.4, 0.5) is 11.4 Å². The van der Waals surface area contributed by atoms with Gasteiger partial charge in [0, 0.05) is 13.2 Å². The second-order valence-corrected chi connectivity index (χ2v) is 10.2. The van der Waals surface area contributed by atoms with Crippen molar-refractivity contribution in [3.8, 4) is 5.75 Å². The van der Waals surface area contributed by atoms with E-state index in [1.165, 1.54) is 32.2 Å². The van der Waals surface area contributed by atoms with Crippen molar-refractivity contribution in [1.29, 1.82) is 0 Å². The second-order valence-electron chi connectivity index (χ2n) is 7.93. The molecular formula is C23H28ClN3O6S. The minimum atomic E-state index is -3.86. The zero-order valence-electron chi connectivity index (χ0n) is 19.2. The van der Waals surface area contributed by atoms with Gasteiger partial charge in [-0.2, -0.15) is 0 Å². The number of anilines is 2. The molecule has 3 rings (SSSR count). The first-order valence-corrected chi connectivity index (χ1v) is 13.0. The van der Waals surface area contributed by atoms with Gasteiger partial charge in [0.15, 0.2) is 0 Å². The standard InChI is InChI=1S/C23H28ClN3O6S/c1-15(27(34(3,30)31)16-10-11-21(32-2)19(24)13-16)22(28)26-20-9-5-4-8-18(20)23(29)25-14-17-7-6-12-33-17/h4-5,8-11,13,15,17H,6-7,12,14H2,1-3H3,(H,25,29)(H,26,28). The zero-order valence-corrected chi connectivity index (χ0v) is 20.8. The fraction of sp³-hybridized carbons (Fsp3) is 0.391. The Morgan fingerprint density at radius 2 is 2.00 bits per heavy atom. The number of rotatable bonds is 9. The molecular weight excluding hydrogens is 482 g/mol. The van der Waals surface area contributed by atoms with Gasteiger partial charge >= 0.3 is 0 Å². The highest BCUT2D eigenvalue weighted by Gasteiger charge is 2.30. The molecule has 9 nitrogen and oxygen atoms in total. The van der Waals surface area contributed by atoms with Gasteiger partial charge in [-0.05, 0) is 50.1 Å². The lowest BCUT2D eigenvalue weighted by atomic mass is 10.1. The number of carbonyl (C=O) groups is 2. The molecule has 0 saturated carbocycles. The topological polar surface area (TPSA) is 114 Å². The molecule has 0 radical (unpaired) electrons. The normalized spacial score (nSPS) is 16.5. The molecule has 1 heterocycles. The Labute approximate surface area is 204 Å². The van der Waals surface area contributed by atoms with Gasteiger partial charge in [-0.3, -0.25) is 13.9 Å². The van der Waals surface area contributed by atoms with Crippen LogP contribution in [0.5, 0.6) is 5.75 Å². The monoisotopic (exact) mass is 509 g/mol. The van der Waals surface area contributed by atoms with Crippen LogP contribution in [0.15, 0.2) is 42.5 Å². The summed E-state index contributed by atoms with van der Waals surface area (Å²) in [5.41, 5.74) is 0.739. The number of halogens is 1. The van der Waals surface area contributed by atoms with Crippen LogP contribution in [0, 0.1) is 0 Å². The average Bonchev–Trinajstić information content (AvgIpc) is 3.31. The highest BCUT2D eigenvalue weighted by molar-refractivity contribution is 7.92. The van der Waals surface area contributed by atoms with Gasteiger partial charge in [0.25, 0.3) is 5.91 Å². The number of nitrogens with zero attached hydrogens (tertiary/aromatic N) is 1. The van der Waals surface area contributed by atoms with Crippen molar-refractivity contribution in [3.05, 3.63) is 53.1 Å². The van der Waals surface area contributed by atoms with Crippen molar-refractivity contribution in [1.82, 2.24) is 5.32 Å². The molecule has 2 aromatic carbocycles. The molecule has 2 N–H and O–H groups in total. The summed E-state index contributed by atoms with van der Waals surface area (Å²) in [6, 6.07) is 9.83. The van der Waals surface area contributed by atoms with Crippen molar-refractivity contribution in [3.63, 3.8) is 0 Å². The molecule has 2 amide bonds. The van der Waals surface area contributed by atoms with Gasteiger partial charge in [0.2, 0.25) is 15.9 Å². The summed E-state index contributed by atoms with van der Waals surface area (Å²) in [5, 5.41) is 5.71. The van der Waals surface area contributed by atoms with Crippen LogP contribution < -0.4 is 19.7 Å². The summed E-state index contributed by atoms with van der Waals surface area (Å²) in [6.07, 6.45) is 2.82. The molecule has 0 bridgehead atoms. The quantitative estimate of drug-likeness (QED) is 0.537. The molecule has 2 atom stereocenters. The van der Waals surface area contributed by atoms with E-state index in [-0.39, 0.29) is 34.0 Å². The van der Waals surface area contributed by atoms with E-state index in [0.717, 1.165) is 23.4 Å². The lowest BCUT2D eigenvalue weighted by Crippen LogP contribution is -2.45. The third-order valence-electron chi connectivity index (χ3n) is 5.42. The smallest absolute Gasteiger partial charge is 0.253 e. The van der Waals surface area contributed by atoms with E-state index < -0.39 is 22.0 Å². The maximum atomic E-state index is 13.1. The Morgan fingerprint density at radius 1 is 1.26 bits per heavy atom. The summed E-state index contributed by atoms with van der Waals surface area (Å²) in [6.45, 7) is 2.51. The molecule has 0 spiro atoms. The van der Waals surface area contributed by atoms with E-state index in [1.807, 2.05) is 0 Å². The third kappa shape index (κ3) is 6.19. The highest BCUT2D eigenvalue weighted by Crippen LogP contribution is 2.31. The summed E-state index contributed by atoms with van der Waals surface area (Å²) in [7, 11) is -2.41. The van der Waals surface area contributed by atoms with Crippen LogP contribution in [-0.2, 0) is 19.6 Å². The largest absolute Gasteiger partial charge is 0.495 e. The van der Waals surface area contributed by atoms with E-state index in [1.54, 1.807) is 24.3 Å². The van der Waals surface area contributed by atoms with E-state index in [9.17, 15) is 18.0 Å². The first-order chi connectivity index (χ1) is 16.1. The van der Waals surface area contributed by atoms with Crippen LogP contribution in [0.2, 0.25) is 5.02 Å². The molecule has 1 fully saturated rings. The van der Waals surface area contributed by atoms with E-state index >= 15 is 0 Å². The first kappa shape index (κ1) is 25.8. The van der Waals surface area contributed by atoms with Crippen LogP contribution >= 0.6 is 11.6 Å². The highest BCUT2D eigenvalue weighted by atomic mass is 35.5. The number of benzene rings is 2.